The third kappa shape index (κ3) is 5.30. The molecule has 8 nitrogen and oxygen atoms in total. The summed E-state index contributed by atoms with van der Waals surface area (Å²) in [7, 11) is 0. The van der Waals surface area contributed by atoms with Gasteiger partial charge in [0.05, 0.1) is 23.8 Å². The average molecular weight is 466 g/mol. The number of halogens is 1. The van der Waals surface area contributed by atoms with Gasteiger partial charge in [0.1, 0.15) is 18.1 Å². The van der Waals surface area contributed by atoms with Crippen molar-refractivity contribution < 1.29 is 18.7 Å². The lowest BCUT2D eigenvalue weighted by Gasteiger charge is -2.08. The summed E-state index contributed by atoms with van der Waals surface area (Å²) < 4.78 is 11.9. The Morgan fingerprint density at radius 2 is 1.91 bits per heavy atom. The molecule has 1 N–H and O–H groups in total. The van der Waals surface area contributed by atoms with E-state index in [1.165, 1.54) is 6.33 Å². The normalized spacial score (nSPS) is 10.8. The summed E-state index contributed by atoms with van der Waals surface area (Å²) in [6.45, 7) is 1.18. The number of benzene rings is 2. The van der Waals surface area contributed by atoms with Crippen LogP contribution in [0.2, 0.25) is 5.02 Å². The van der Waals surface area contributed by atoms with Gasteiger partial charge in [0, 0.05) is 10.6 Å². The third-order valence-electron chi connectivity index (χ3n) is 4.97. The van der Waals surface area contributed by atoms with E-state index in [2.05, 4.69) is 10.3 Å². The number of esters is 1. The highest BCUT2D eigenvalue weighted by atomic mass is 35.5. The number of furan rings is 1. The molecule has 0 aliphatic carbocycles. The second kappa shape index (κ2) is 9.70. The number of aryl methyl sites for hydroxylation is 1. The number of hydrogen-bond acceptors (Lipinski definition) is 6. The van der Waals surface area contributed by atoms with Crippen molar-refractivity contribution in [3.8, 4) is 11.3 Å². The maximum atomic E-state index is 12.6. The minimum Gasteiger partial charge on any atom is -0.459 e. The van der Waals surface area contributed by atoms with Crippen LogP contribution in [0, 0.1) is 6.92 Å². The van der Waals surface area contributed by atoms with Crippen LogP contribution in [0.25, 0.3) is 22.2 Å². The number of para-hydroxylation sites is 1. The molecule has 2 aromatic carbocycles. The highest BCUT2D eigenvalue weighted by molar-refractivity contribution is 6.30. The van der Waals surface area contributed by atoms with Crippen molar-refractivity contribution in [2.45, 2.75) is 20.0 Å². The van der Waals surface area contributed by atoms with Gasteiger partial charge in [-0.05, 0) is 55.0 Å². The predicted molar refractivity (Wildman–Crippen MR) is 123 cm³/mol. The van der Waals surface area contributed by atoms with Crippen LogP contribution < -0.4 is 10.9 Å². The van der Waals surface area contributed by atoms with E-state index >= 15 is 0 Å². The second-order valence-electron chi connectivity index (χ2n) is 7.36. The van der Waals surface area contributed by atoms with Gasteiger partial charge in [0.25, 0.3) is 11.5 Å². The summed E-state index contributed by atoms with van der Waals surface area (Å²) >= 11 is 5.89. The summed E-state index contributed by atoms with van der Waals surface area (Å²) in [6, 6.07) is 16.0. The fourth-order valence-corrected chi connectivity index (χ4v) is 3.39. The Hall–Kier alpha value is -3.91. The first kappa shape index (κ1) is 22.3. The summed E-state index contributed by atoms with van der Waals surface area (Å²) in [6.07, 6.45) is 1.30. The molecule has 4 aromatic rings. The number of hydrogen-bond donors (Lipinski definition) is 1. The topological polar surface area (TPSA) is 103 Å². The molecule has 33 heavy (non-hydrogen) atoms. The van der Waals surface area contributed by atoms with Crippen LogP contribution in [-0.4, -0.2) is 28.0 Å². The summed E-state index contributed by atoms with van der Waals surface area (Å²) in [5.41, 5.74) is 1.97. The molecule has 2 aromatic heterocycles. The van der Waals surface area contributed by atoms with E-state index in [4.69, 9.17) is 20.8 Å². The molecule has 0 fully saturated rings. The lowest BCUT2D eigenvalue weighted by Crippen LogP contribution is -2.31. The Bertz CT molecular complexity index is 1380. The molecule has 0 radical (unpaired) electrons. The summed E-state index contributed by atoms with van der Waals surface area (Å²) in [5.74, 6) is -0.0211. The maximum absolute atomic E-state index is 12.6. The number of rotatable bonds is 7. The van der Waals surface area contributed by atoms with E-state index in [9.17, 15) is 14.4 Å². The second-order valence-corrected chi connectivity index (χ2v) is 7.80. The van der Waals surface area contributed by atoms with Gasteiger partial charge >= 0.3 is 5.97 Å². The van der Waals surface area contributed by atoms with Gasteiger partial charge in [-0.3, -0.25) is 19.0 Å². The molecule has 4 rings (SSSR count). The van der Waals surface area contributed by atoms with Gasteiger partial charge in [0.15, 0.2) is 6.61 Å². The minimum atomic E-state index is -0.718. The van der Waals surface area contributed by atoms with Crippen LogP contribution in [0.5, 0.6) is 0 Å². The molecule has 0 atom stereocenters. The SMILES string of the molecule is Cc1cccc2c(=O)n(CC(=O)OCC(=O)NCc3ccc(-c4ccc(Cl)cc4)o3)cnc12. The summed E-state index contributed by atoms with van der Waals surface area (Å²) in [5, 5.41) is 3.67. The molecule has 0 aliphatic heterocycles. The number of amides is 1. The first-order valence-corrected chi connectivity index (χ1v) is 10.5. The first-order chi connectivity index (χ1) is 15.9. The molecule has 0 unspecified atom stereocenters. The van der Waals surface area contributed by atoms with Crippen molar-refractivity contribution in [1.82, 2.24) is 14.9 Å². The van der Waals surface area contributed by atoms with Crippen LogP contribution >= 0.6 is 11.6 Å². The Morgan fingerprint density at radius 1 is 1.12 bits per heavy atom. The molecule has 9 heteroatoms. The third-order valence-corrected chi connectivity index (χ3v) is 5.22. The van der Waals surface area contributed by atoms with Gasteiger partial charge in [-0.25, -0.2) is 4.98 Å². The quantitative estimate of drug-likeness (QED) is 0.419. The molecule has 0 saturated heterocycles. The van der Waals surface area contributed by atoms with Crippen LogP contribution in [0.1, 0.15) is 11.3 Å². The monoisotopic (exact) mass is 465 g/mol. The predicted octanol–water partition coefficient (Wildman–Crippen LogP) is 3.48. The highest BCUT2D eigenvalue weighted by Crippen LogP contribution is 2.23. The molecular weight excluding hydrogens is 446 g/mol. The van der Waals surface area contributed by atoms with E-state index < -0.39 is 18.5 Å². The van der Waals surface area contributed by atoms with Crippen LogP contribution in [0.3, 0.4) is 0 Å². The summed E-state index contributed by atoms with van der Waals surface area (Å²) in [4.78, 5) is 40.9. The molecule has 0 spiro atoms. The number of nitrogens with one attached hydrogen (secondary N) is 1. The lowest BCUT2D eigenvalue weighted by molar-refractivity contribution is -0.149. The number of carbonyl (C=O) groups excluding carboxylic acids is 2. The van der Waals surface area contributed by atoms with Gasteiger partial charge in [0.2, 0.25) is 0 Å². The van der Waals surface area contributed by atoms with Crippen LogP contribution in [0.15, 0.2) is 70.1 Å². The molecule has 0 bridgehead atoms. The smallest absolute Gasteiger partial charge is 0.326 e. The zero-order chi connectivity index (χ0) is 23.4. The van der Waals surface area contributed by atoms with Gasteiger partial charge < -0.3 is 14.5 Å². The van der Waals surface area contributed by atoms with Crippen LogP contribution in [0.4, 0.5) is 0 Å². The number of ether oxygens (including phenoxy) is 1. The fourth-order valence-electron chi connectivity index (χ4n) is 3.26. The van der Waals surface area contributed by atoms with Gasteiger partial charge in [-0.1, -0.05) is 23.7 Å². The molecule has 0 aliphatic rings. The van der Waals surface area contributed by atoms with Crippen molar-refractivity contribution in [3.05, 3.63) is 87.6 Å². The Balaban J connectivity index is 1.28. The maximum Gasteiger partial charge on any atom is 0.326 e. The Morgan fingerprint density at radius 3 is 2.70 bits per heavy atom. The number of nitrogens with zero attached hydrogens (tertiary/aromatic N) is 2. The minimum absolute atomic E-state index is 0.136. The molecular formula is C24H20ClN3O5. The van der Waals surface area contributed by atoms with E-state index in [0.717, 1.165) is 15.7 Å². The average Bonchev–Trinajstić information content (AvgIpc) is 3.28. The van der Waals surface area contributed by atoms with E-state index in [1.54, 1.807) is 36.4 Å². The number of aromatic nitrogens is 2. The Labute approximate surface area is 193 Å². The zero-order valence-electron chi connectivity index (χ0n) is 17.7. The molecule has 1 amide bonds. The van der Waals surface area contributed by atoms with Crippen molar-refractivity contribution >= 4 is 34.4 Å². The van der Waals surface area contributed by atoms with Gasteiger partial charge in [-0.15, -0.1) is 0 Å². The lowest BCUT2D eigenvalue weighted by atomic mass is 10.1. The Kier molecular flexibility index (Phi) is 6.55. The van der Waals surface area contributed by atoms with Crippen molar-refractivity contribution in [2.75, 3.05) is 6.61 Å². The van der Waals surface area contributed by atoms with Gasteiger partial charge in [-0.2, -0.15) is 0 Å². The van der Waals surface area contributed by atoms with E-state index in [1.807, 2.05) is 25.1 Å². The fraction of sp³-hybridized carbons (Fsp3) is 0.167. The zero-order valence-corrected chi connectivity index (χ0v) is 18.5. The van der Waals surface area contributed by atoms with Crippen molar-refractivity contribution in [2.24, 2.45) is 0 Å². The standard InChI is InChI=1S/C24H20ClN3O5/c1-15-3-2-4-19-23(15)27-14-28(24(19)31)12-22(30)32-13-21(29)26-11-18-9-10-20(33-18)16-5-7-17(25)8-6-16/h2-10,14H,11-13H2,1H3,(H,26,29). The number of fused-ring (bicyclic) bond motifs is 1. The first-order valence-electron chi connectivity index (χ1n) is 10.1. The molecule has 2 heterocycles. The largest absolute Gasteiger partial charge is 0.459 e. The van der Waals surface area contributed by atoms with Crippen molar-refractivity contribution in [3.63, 3.8) is 0 Å². The molecule has 168 valence electrons. The molecule has 0 saturated carbocycles. The van der Waals surface area contributed by atoms with Crippen molar-refractivity contribution in [1.29, 1.82) is 0 Å². The van der Waals surface area contributed by atoms with Crippen LogP contribution in [-0.2, 0) is 27.4 Å². The highest BCUT2D eigenvalue weighted by Gasteiger charge is 2.13. The van der Waals surface area contributed by atoms with E-state index in [-0.39, 0.29) is 18.6 Å². The number of carbonyl (C=O) groups is 2. The van der Waals surface area contributed by atoms with E-state index in [0.29, 0.717) is 27.4 Å².